The molecule has 174 valence electrons. The molecule has 1 saturated heterocycles. The molecule has 2 aromatic rings. The molecule has 1 aliphatic carbocycles. The Kier molecular flexibility index (Phi) is 6.13. The van der Waals surface area contributed by atoms with Crippen LogP contribution in [0.1, 0.15) is 48.3 Å². The van der Waals surface area contributed by atoms with Gasteiger partial charge in [0.05, 0.1) is 11.3 Å². The number of nitrogens with zero attached hydrogens (tertiary/aromatic N) is 1. The number of carbonyl (C=O) groups is 3. The lowest BCUT2D eigenvalue weighted by Crippen LogP contribution is -2.58. The minimum absolute atomic E-state index is 0.0746. The molecular weight excluding hydrogens is 482 g/mol. The molecule has 1 saturated carbocycles. The molecule has 6 nitrogen and oxygen atoms in total. The third kappa shape index (κ3) is 4.56. The van der Waals surface area contributed by atoms with Crippen molar-refractivity contribution in [2.24, 2.45) is 0 Å². The average molecular weight is 500 g/mol. The van der Waals surface area contributed by atoms with Gasteiger partial charge in [0.15, 0.2) is 0 Å². The molecule has 1 aromatic carbocycles. The molecule has 0 bridgehead atoms. The first-order valence-electron chi connectivity index (χ1n) is 10.1. The molecule has 0 spiro atoms. The molecule has 3 amide bonds. The molecule has 2 heterocycles. The van der Waals surface area contributed by atoms with Crippen molar-refractivity contribution in [2.75, 3.05) is 0 Å². The van der Waals surface area contributed by atoms with E-state index in [4.69, 9.17) is 23.2 Å². The van der Waals surface area contributed by atoms with E-state index in [2.05, 4.69) is 15.6 Å². The maximum atomic E-state index is 13.7. The van der Waals surface area contributed by atoms with E-state index in [1.54, 1.807) is 0 Å². The van der Waals surface area contributed by atoms with Crippen molar-refractivity contribution in [2.45, 2.75) is 49.5 Å². The van der Waals surface area contributed by atoms with Crippen molar-refractivity contribution in [3.05, 3.63) is 63.1 Å². The van der Waals surface area contributed by atoms with Gasteiger partial charge in [0.2, 0.25) is 23.7 Å². The van der Waals surface area contributed by atoms with Gasteiger partial charge in [-0.15, -0.1) is 0 Å². The number of imide groups is 1. The van der Waals surface area contributed by atoms with E-state index in [1.807, 2.05) is 0 Å². The summed E-state index contributed by atoms with van der Waals surface area (Å²) in [4.78, 5) is 39.9. The maximum Gasteiger partial charge on any atom is 0.250 e. The number of amides is 3. The van der Waals surface area contributed by atoms with E-state index in [0.717, 1.165) is 12.3 Å². The number of rotatable bonds is 5. The number of hydrogen-bond donors (Lipinski definition) is 2. The van der Waals surface area contributed by atoms with Gasteiger partial charge in [0.25, 0.3) is 5.92 Å². The third-order valence-electron chi connectivity index (χ3n) is 6.01. The second-order valence-corrected chi connectivity index (χ2v) is 9.13. The van der Waals surface area contributed by atoms with Crippen LogP contribution in [0.2, 0.25) is 10.0 Å². The topological polar surface area (TPSA) is 88.2 Å². The molecule has 1 unspecified atom stereocenters. The highest BCUT2D eigenvalue weighted by Gasteiger charge is 2.61. The lowest BCUT2D eigenvalue weighted by molar-refractivity contribution is -0.159. The van der Waals surface area contributed by atoms with E-state index in [1.165, 1.54) is 18.2 Å². The summed E-state index contributed by atoms with van der Waals surface area (Å²) in [6, 6.07) is 5.36. The van der Waals surface area contributed by atoms with E-state index in [9.17, 15) is 27.6 Å². The van der Waals surface area contributed by atoms with Gasteiger partial charge in [-0.2, -0.15) is 4.39 Å². The standard InChI is InChI=1S/C22H18Cl2F3N3O3/c23-14-5-11(6-15(24)18(14)13-1-2-17(31)30-19(13)32)8-29-20(33)21(9-22(26,27)10-21)12-3-4-28-16(25)7-12/h3-7,13H,1-2,8-10H2,(H,29,33)(H,30,31,32). The van der Waals surface area contributed by atoms with Crippen molar-refractivity contribution < 1.29 is 27.6 Å². The first-order valence-corrected chi connectivity index (χ1v) is 10.9. The number of alkyl halides is 2. The third-order valence-corrected chi connectivity index (χ3v) is 6.64. The number of benzene rings is 1. The van der Waals surface area contributed by atoms with Crippen LogP contribution < -0.4 is 10.6 Å². The van der Waals surface area contributed by atoms with Crippen molar-refractivity contribution in [3.8, 4) is 0 Å². The zero-order chi connectivity index (χ0) is 24.0. The van der Waals surface area contributed by atoms with Crippen molar-refractivity contribution in [1.82, 2.24) is 15.6 Å². The summed E-state index contributed by atoms with van der Waals surface area (Å²) < 4.78 is 41.1. The van der Waals surface area contributed by atoms with Gasteiger partial charge in [-0.1, -0.05) is 23.2 Å². The van der Waals surface area contributed by atoms with Gasteiger partial charge >= 0.3 is 0 Å². The second kappa shape index (κ2) is 8.61. The summed E-state index contributed by atoms with van der Waals surface area (Å²) in [5, 5.41) is 5.22. The van der Waals surface area contributed by atoms with Crippen LogP contribution in [0.15, 0.2) is 30.5 Å². The van der Waals surface area contributed by atoms with Crippen LogP contribution in [-0.2, 0) is 26.3 Å². The fourth-order valence-corrected chi connectivity index (χ4v) is 5.22. The highest BCUT2D eigenvalue weighted by Crippen LogP contribution is 2.53. The van der Waals surface area contributed by atoms with Crippen LogP contribution >= 0.6 is 23.2 Å². The van der Waals surface area contributed by atoms with Gasteiger partial charge < -0.3 is 5.32 Å². The average Bonchev–Trinajstić information content (AvgIpc) is 2.71. The Labute approximate surface area is 196 Å². The first-order chi connectivity index (χ1) is 15.5. The number of piperidine rings is 1. The van der Waals surface area contributed by atoms with Crippen LogP contribution in [0.25, 0.3) is 0 Å². The molecular formula is C22H18Cl2F3N3O3. The summed E-state index contributed by atoms with van der Waals surface area (Å²) >= 11 is 12.7. The lowest BCUT2D eigenvalue weighted by atomic mass is 9.61. The zero-order valence-corrected chi connectivity index (χ0v) is 18.6. The number of halogens is 5. The second-order valence-electron chi connectivity index (χ2n) is 8.32. The fourth-order valence-electron chi connectivity index (χ4n) is 4.42. The van der Waals surface area contributed by atoms with E-state index in [-0.39, 0.29) is 40.9 Å². The highest BCUT2D eigenvalue weighted by molar-refractivity contribution is 6.36. The van der Waals surface area contributed by atoms with E-state index >= 15 is 0 Å². The van der Waals surface area contributed by atoms with Gasteiger partial charge in [0.1, 0.15) is 0 Å². The fraction of sp³-hybridized carbons (Fsp3) is 0.364. The summed E-state index contributed by atoms with van der Waals surface area (Å²) in [7, 11) is 0. The van der Waals surface area contributed by atoms with Gasteiger partial charge in [-0.25, -0.2) is 13.8 Å². The number of pyridine rings is 1. The first kappa shape index (κ1) is 23.5. The number of hydrogen-bond acceptors (Lipinski definition) is 4. The number of aromatic nitrogens is 1. The van der Waals surface area contributed by atoms with E-state index < -0.39 is 47.9 Å². The molecule has 33 heavy (non-hydrogen) atoms. The molecule has 2 aliphatic rings. The smallest absolute Gasteiger partial charge is 0.250 e. The maximum absolute atomic E-state index is 13.7. The van der Waals surface area contributed by atoms with E-state index in [0.29, 0.717) is 11.1 Å². The predicted octanol–water partition coefficient (Wildman–Crippen LogP) is 4.03. The minimum atomic E-state index is -3.03. The number of nitrogens with one attached hydrogen (secondary N) is 2. The van der Waals surface area contributed by atoms with Gasteiger partial charge in [0, 0.05) is 47.6 Å². The Hall–Kier alpha value is -2.65. The van der Waals surface area contributed by atoms with Crippen molar-refractivity contribution in [1.29, 1.82) is 0 Å². The molecule has 0 radical (unpaired) electrons. The molecule has 1 aromatic heterocycles. The Balaban J connectivity index is 1.52. The van der Waals surface area contributed by atoms with Crippen LogP contribution in [0.5, 0.6) is 0 Å². The monoisotopic (exact) mass is 499 g/mol. The largest absolute Gasteiger partial charge is 0.351 e. The van der Waals surface area contributed by atoms with Crippen molar-refractivity contribution >= 4 is 40.9 Å². The van der Waals surface area contributed by atoms with Gasteiger partial charge in [-0.05, 0) is 41.8 Å². The Morgan fingerprint density at radius 1 is 1.18 bits per heavy atom. The summed E-state index contributed by atoms with van der Waals surface area (Å²) in [5.74, 6) is -6.12. The molecule has 2 fully saturated rings. The molecule has 1 aliphatic heterocycles. The summed E-state index contributed by atoms with van der Waals surface area (Å²) in [5.41, 5.74) is -0.590. The highest BCUT2D eigenvalue weighted by atomic mass is 35.5. The zero-order valence-electron chi connectivity index (χ0n) is 17.1. The van der Waals surface area contributed by atoms with Crippen molar-refractivity contribution in [3.63, 3.8) is 0 Å². The Morgan fingerprint density at radius 2 is 1.85 bits per heavy atom. The van der Waals surface area contributed by atoms with Crippen LogP contribution in [0, 0.1) is 5.95 Å². The summed E-state index contributed by atoms with van der Waals surface area (Å²) in [6.45, 7) is -0.0746. The number of carbonyl (C=O) groups excluding carboxylic acids is 3. The molecule has 1 atom stereocenters. The molecule has 4 rings (SSSR count). The predicted molar refractivity (Wildman–Crippen MR) is 113 cm³/mol. The van der Waals surface area contributed by atoms with Crippen LogP contribution in [-0.4, -0.2) is 28.6 Å². The molecule has 11 heteroatoms. The Bertz CT molecular complexity index is 1130. The summed E-state index contributed by atoms with van der Waals surface area (Å²) in [6.07, 6.45) is 0.0580. The van der Waals surface area contributed by atoms with Gasteiger partial charge in [-0.3, -0.25) is 19.7 Å². The molecule has 2 N–H and O–H groups in total. The quantitative estimate of drug-likeness (QED) is 0.480. The van der Waals surface area contributed by atoms with Crippen LogP contribution in [0.3, 0.4) is 0 Å². The lowest BCUT2D eigenvalue weighted by Gasteiger charge is -2.46. The Morgan fingerprint density at radius 3 is 2.42 bits per heavy atom. The minimum Gasteiger partial charge on any atom is -0.351 e. The normalized spacial score (nSPS) is 21.2. The van der Waals surface area contributed by atoms with Crippen LogP contribution in [0.4, 0.5) is 13.2 Å². The SMILES string of the molecule is O=C1CCC(c2c(Cl)cc(CNC(=O)C3(c4ccnc(F)c4)CC(F)(F)C3)cc2Cl)C(=O)N1.